The van der Waals surface area contributed by atoms with Crippen LogP contribution in [0.25, 0.3) is 17.2 Å². The molecule has 1 N–H and O–H groups in total. The number of amides is 1. The molecule has 0 unspecified atom stereocenters. The van der Waals surface area contributed by atoms with Crippen LogP contribution in [-0.4, -0.2) is 49.4 Å². The van der Waals surface area contributed by atoms with Crippen LogP contribution in [0.2, 0.25) is 0 Å². The second kappa shape index (κ2) is 9.26. The number of carbonyl (C=O) groups is 1. The molecule has 12 heteroatoms. The van der Waals surface area contributed by atoms with Gasteiger partial charge in [-0.3, -0.25) is 9.20 Å². The molecular weight excluding hydrogens is 473 g/mol. The van der Waals surface area contributed by atoms with Crippen molar-refractivity contribution >= 4 is 17.4 Å². The maximum Gasteiger partial charge on any atom is 0.434 e. The zero-order valence-corrected chi connectivity index (χ0v) is 18.8. The molecule has 3 aromatic heterocycles. The van der Waals surface area contributed by atoms with Crippen LogP contribution in [-0.2, 0) is 6.18 Å². The van der Waals surface area contributed by atoms with Crippen LogP contribution in [0.15, 0.2) is 55.1 Å². The summed E-state index contributed by atoms with van der Waals surface area (Å²) in [5.74, 6) is 0.548. The molecule has 0 aliphatic carbocycles. The number of carbonyl (C=O) groups excluding carboxylic acids is 1. The van der Waals surface area contributed by atoms with E-state index in [0.717, 1.165) is 25.2 Å². The van der Waals surface area contributed by atoms with Crippen molar-refractivity contribution in [3.8, 4) is 17.6 Å². The summed E-state index contributed by atoms with van der Waals surface area (Å²) in [7, 11) is 0. The fourth-order valence-corrected chi connectivity index (χ4v) is 4.15. The number of halogens is 3. The zero-order chi connectivity index (χ0) is 25.3. The van der Waals surface area contributed by atoms with Gasteiger partial charge in [0, 0.05) is 37.1 Å². The first-order valence-electron chi connectivity index (χ1n) is 11.1. The van der Waals surface area contributed by atoms with Crippen LogP contribution in [0, 0.1) is 11.3 Å². The van der Waals surface area contributed by atoms with E-state index < -0.39 is 11.9 Å². The highest BCUT2D eigenvalue weighted by Gasteiger charge is 2.33. The topological polar surface area (TPSA) is 112 Å². The Hall–Kier alpha value is -4.53. The van der Waals surface area contributed by atoms with Crippen LogP contribution in [0.3, 0.4) is 0 Å². The number of benzene rings is 1. The number of hydrogen-bond donors (Lipinski definition) is 1. The van der Waals surface area contributed by atoms with E-state index >= 15 is 0 Å². The highest BCUT2D eigenvalue weighted by atomic mass is 19.4. The van der Waals surface area contributed by atoms with Gasteiger partial charge < -0.3 is 10.2 Å². The third-order valence-corrected chi connectivity index (χ3v) is 5.89. The first-order chi connectivity index (χ1) is 17.3. The lowest BCUT2D eigenvalue weighted by Gasteiger charge is -2.34. The summed E-state index contributed by atoms with van der Waals surface area (Å²) in [4.78, 5) is 31.1. The summed E-state index contributed by atoms with van der Waals surface area (Å²) in [5.41, 5.74) is 0.329. The summed E-state index contributed by atoms with van der Waals surface area (Å²) in [6.07, 6.45) is 1.87. The third-order valence-electron chi connectivity index (χ3n) is 5.89. The van der Waals surface area contributed by atoms with Crippen molar-refractivity contribution in [1.82, 2.24) is 29.7 Å². The second-order valence-electron chi connectivity index (χ2n) is 8.33. The predicted molar refractivity (Wildman–Crippen MR) is 123 cm³/mol. The van der Waals surface area contributed by atoms with Crippen LogP contribution >= 0.6 is 0 Å². The average molecular weight is 492 g/mol. The number of fused-ring (bicyclic) bond motifs is 1. The van der Waals surface area contributed by atoms with Gasteiger partial charge in [0.1, 0.15) is 11.5 Å². The fraction of sp³-hybridized carbons (Fsp3) is 0.250. The molecule has 36 heavy (non-hydrogen) atoms. The first-order valence-corrected chi connectivity index (χ1v) is 11.1. The number of nitrogens with one attached hydrogen (secondary N) is 1. The standard InChI is InChI=1S/C24H19F3N8O/c25-24(26,27)19-14-35-18(11-31-21(35)12-30-19)22-29-7-6-20(33-22)34-8-2-5-17(13-34)32-23(36)16-4-1-3-15(9-16)10-28/h1,3-4,6-7,9,11-12,14,17H,2,5,8,13H2,(H,32,36)/t17-/m0/s1. The number of hydrogen-bond acceptors (Lipinski definition) is 7. The average Bonchev–Trinajstić information content (AvgIpc) is 3.32. The molecular formula is C24H19F3N8O. The maximum atomic E-state index is 13.2. The first kappa shape index (κ1) is 23.2. The Morgan fingerprint density at radius 2 is 2.03 bits per heavy atom. The predicted octanol–water partition coefficient (Wildman–Crippen LogP) is 3.48. The molecule has 1 amide bonds. The van der Waals surface area contributed by atoms with E-state index in [0.29, 0.717) is 35.7 Å². The fourth-order valence-electron chi connectivity index (χ4n) is 4.15. The van der Waals surface area contributed by atoms with Gasteiger partial charge in [-0.25, -0.2) is 19.9 Å². The Morgan fingerprint density at radius 3 is 2.83 bits per heavy atom. The van der Waals surface area contributed by atoms with Crippen molar-refractivity contribution in [2.24, 2.45) is 0 Å². The number of alkyl halides is 3. The van der Waals surface area contributed by atoms with E-state index in [2.05, 4.69) is 25.3 Å². The Labute approximate surface area is 203 Å². The molecule has 0 bridgehead atoms. The molecule has 1 aliphatic rings. The summed E-state index contributed by atoms with van der Waals surface area (Å²) in [5, 5.41) is 12.1. The third kappa shape index (κ3) is 4.68. The Kier molecular flexibility index (Phi) is 5.97. The minimum Gasteiger partial charge on any atom is -0.354 e. The number of rotatable bonds is 4. The molecule has 9 nitrogen and oxygen atoms in total. The van der Waals surface area contributed by atoms with Crippen molar-refractivity contribution in [2.45, 2.75) is 25.1 Å². The molecule has 0 spiro atoms. The number of piperidine rings is 1. The Morgan fingerprint density at radius 1 is 1.17 bits per heavy atom. The summed E-state index contributed by atoms with van der Waals surface area (Å²) in [6, 6.07) is 10.1. The Balaban J connectivity index is 1.36. The van der Waals surface area contributed by atoms with Crippen molar-refractivity contribution in [1.29, 1.82) is 5.26 Å². The zero-order valence-electron chi connectivity index (χ0n) is 18.8. The molecule has 1 aromatic carbocycles. The van der Waals surface area contributed by atoms with Gasteiger partial charge in [-0.1, -0.05) is 6.07 Å². The molecule has 182 valence electrons. The second-order valence-corrected chi connectivity index (χ2v) is 8.33. The molecule has 4 heterocycles. The molecule has 0 radical (unpaired) electrons. The smallest absolute Gasteiger partial charge is 0.354 e. The van der Waals surface area contributed by atoms with Gasteiger partial charge in [0.25, 0.3) is 5.91 Å². The summed E-state index contributed by atoms with van der Waals surface area (Å²) >= 11 is 0. The van der Waals surface area contributed by atoms with E-state index in [-0.39, 0.29) is 23.4 Å². The summed E-state index contributed by atoms with van der Waals surface area (Å²) in [6.45, 7) is 1.19. The largest absolute Gasteiger partial charge is 0.434 e. The lowest BCUT2D eigenvalue weighted by molar-refractivity contribution is -0.141. The van der Waals surface area contributed by atoms with E-state index in [9.17, 15) is 18.0 Å². The number of aromatic nitrogens is 5. The van der Waals surface area contributed by atoms with Crippen LogP contribution < -0.4 is 10.2 Å². The highest BCUT2D eigenvalue weighted by molar-refractivity contribution is 5.94. The van der Waals surface area contributed by atoms with E-state index in [4.69, 9.17) is 5.26 Å². The van der Waals surface area contributed by atoms with Gasteiger partial charge in [0.2, 0.25) is 0 Å². The van der Waals surface area contributed by atoms with Crippen LogP contribution in [0.1, 0.15) is 34.5 Å². The van der Waals surface area contributed by atoms with Gasteiger partial charge in [0.15, 0.2) is 17.2 Å². The number of nitrogens with zero attached hydrogens (tertiary/aromatic N) is 7. The monoisotopic (exact) mass is 492 g/mol. The van der Waals surface area contributed by atoms with Crippen molar-refractivity contribution in [3.05, 3.63) is 71.9 Å². The van der Waals surface area contributed by atoms with Crippen LogP contribution in [0.4, 0.5) is 19.0 Å². The minimum atomic E-state index is -4.60. The van der Waals surface area contributed by atoms with Crippen molar-refractivity contribution in [2.75, 3.05) is 18.0 Å². The minimum absolute atomic E-state index is 0.147. The highest BCUT2D eigenvalue weighted by Crippen LogP contribution is 2.29. The Bertz CT molecular complexity index is 1480. The van der Waals surface area contributed by atoms with E-state index in [1.807, 2.05) is 11.0 Å². The van der Waals surface area contributed by atoms with E-state index in [1.54, 1.807) is 36.5 Å². The van der Waals surface area contributed by atoms with Gasteiger partial charge in [-0.15, -0.1) is 0 Å². The lowest BCUT2D eigenvalue weighted by atomic mass is 10.0. The molecule has 0 saturated carbocycles. The van der Waals surface area contributed by atoms with Crippen LogP contribution in [0.5, 0.6) is 0 Å². The quantitative estimate of drug-likeness (QED) is 0.464. The van der Waals surface area contributed by atoms with Crippen molar-refractivity contribution < 1.29 is 18.0 Å². The van der Waals surface area contributed by atoms with E-state index in [1.165, 1.54) is 10.6 Å². The molecule has 1 atom stereocenters. The summed E-state index contributed by atoms with van der Waals surface area (Å²) < 4.78 is 40.7. The molecule has 5 rings (SSSR count). The molecule has 4 aromatic rings. The number of nitriles is 1. The normalized spacial score (nSPS) is 16.1. The SMILES string of the molecule is N#Cc1cccc(C(=O)N[C@H]2CCCN(c3ccnc(-c4cnc5cnc(C(F)(F)F)cn45)n3)C2)c1. The lowest BCUT2D eigenvalue weighted by Crippen LogP contribution is -2.48. The molecule has 1 fully saturated rings. The van der Waals surface area contributed by atoms with Gasteiger partial charge >= 0.3 is 6.18 Å². The molecule has 1 saturated heterocycles. The van der Waals surface area contributed by atoms with Gasteiger partial charge in [-0.05, 0) is 37.1 Å². The van der Waals surface area contributed by atoms with Gasteiger partial charge in [0.05, 0.1) is 24.0 Å². The van der Waals surface area contributed by atoms with Gasteiger partial charge in [-0.2, -0.15) is 18.4 Å². The number of imidazole rings is 1. The maximum absolute atomic E-state index is 13.2. The van der Waals surface area contributed by atoms with Crippen molar-refractivity contribution in [3.63, 3.8) is 0 Å². The number of anilines is 1. The molecule has 1 aliphatic heterocycles.